The van der Waals surface area contributed by atoms with Crippen molar-refractivity contribution >= 4 is 46.4 Å². The van der Waals surface area contributed by atoms with Gasteiger partial charge in [0.2, 0.25) is 5.91 Å². The minimum atomic E-state index is -1.17. The molecule has 0 saturated heterocycles. The molecule has 1 fully saturated rings. The molecule has 35 heavy (non-hydrogen) atoms. The first-order chi connectivity index (χ1) is 17.0. The SMILES string of the molecule is O=C(CN(c1ccccc1)C1(Cc2cccc(Cl)c2)C(=O)Nc2cc(Cl)ccc21)NC1CCCC1. The van der Waals surface area contributed by atoms with E-state index in [4.69, 9.17) is 23.2 Å². The van der Waals surface area contributed by atoms with E-state index in [2.05, 4.69) is 10.6 Å². The first kappa shape index (κ1) is 23.7. The Morgan fingerprint density at radius 1 is 0.971 bits per heavy atom. The molecular weight excluding hydrogens is 481 g/mol. The zero-order valence-electron chi connectivity index (χ0n) is 19.3. The molecule has 2 aliphatic rings. The Kier molecular flexibility index (Phi) is 6.72. The van der Waals surface area contributed by atoms with Crippen LogP contribution in [-0.2, 0) is 21.5 Å². The largest absolute Gasteiger partial charge is 0.352 e. The predicted molar refractivity (Wildman–Crippen MR) is 141 cm³/mol. The van der Waals surface area contributed by atoms with Gasteiger partial charge in [-0.05, 0) is 54.8 Å². The first-order valence-corrected chi connectivity index (χ1v) is 12.7. The molecule has 0 radical (unpaired) electrons. The highest BCUT2D eigenvalue weighted by molar-refractivity contribution is 6.31. The predicted octanol–water partition coefficient (Wildman–Crippen LogP) is 5.95. The van der Waals surface area contributed by atoms with E-state index in [1.165, 1.54) is 0 Å². The number of para-hydroxylation sites is 1. The molecule has 5 nitrogen and oxygen atoms in total. The van der Waals surface area contributed by atoms with Crippen molar-refractivity contribution in [3.63, 3.8) is 0 Å². The number of hydrogen-bond donors (Lipinski definition) is 2. The Hall–Kier alpha value is -3.02. The molecule has 1 heterocycles. The Morgan fingerprint density at radius 2 is 1.71 bits per heavy atom. The fourth-order valence-corrected chi connectivity index (χ4v) is 5.74. The smallest absolute Gasteiger partial charge is 0.255 e. The van der Waals surface area contributed by atoms with Gasteiger partial charge in [0.1, 0.15) is 0 Å². The number of halogens is 2. The van der Waals surface area contributed by atoms with Gasteiger partial charge >= 0.3 is 0 Å². The molecule has 1 aliphatic carbocycles. The molecule has 2 N–H and O–H groups in total. The minimum Gasteiger partial charge on any atom is -0.352 e. The van der Waals surface area contributed by atoms with Crippen molar-refractivity contribution in [1.29, 1.82) is 0 Å². The lowest BCUT2D eigenvalue weighted by atomic mass is 9.82. The number of benzene rings is 3. The van der Waals surface area contributed by atoms with Gasteiger partial charge < -0.3 is 15.5 Å². The maximum absolute atomic E-state index is 13.9. The quantitative estimate of drug-likeness (QED) is 0.415. The second-order valence-corrected chi connectivity index (χ2v) is 10.2. The van der Waals surface area contributed by atoms with Crippen molar-refractivity contribution in [1.82, 2.24) is 5.32 Å². The third-order valence-corrected chi connectivity index (χ3v) is 7.42. The summed E-state index contributed by atoms with van der Waals surface area (Å²) in [5.74, 6) is -0.298. The van der Waals surface area contributed by atoms with Crippen LogP contribution < -0.4 is 15.5 Å². The Morgan fingerprint density at radius 3 is 2.46 bits per heavy atom. The molecule has 5 rings (SSSR count). The summed E-state index contributed by atoms with van der Waals surface area (Å²) in [6.45, 7) is 0.0383. The molecule has 1 saturated carbocycles. The van der Waals surface area contributed by atoms with Gasteiger partial charge in [0.15, 0.2) is 5.54 Å². The van der Waals surface area contributed by atoms with E-state index < -0.39 is 5.54 Å². The second kappa shape index (κ2) is 9.92. The molecule has 2 amide bonds. The number of hydrogen-bond acceptors (Lipinski definition) is 3. The number of anilines is 2. The normalized spacial score (nSPS) is 19.3. The molecular formula is C28H27Cl2N3O2. The van der Waals surface area contributed by atoms with Crippen LogP contribution in [0, 0.1) is 0 Å². The van der Waals surface area contributed by atoms with Crippen LogP contribution in [0.4, 0.5) is 11.4 Å². The van der Waals surface area contributed by atoms with Crippen LogP contribution >= 0.6 is 23.2 Å². The summed E-state index contributed by atoms with van der Waals surface area (Å²) in [6.07, 6.45) is 4.57. The van der Waals surface area contributed by atoms with Gasteiger partial charge in [-0.1, -0.05) is 72.4 Å². The van der Waals surface area contributed by atoms with Crippen LogP contribution in [0.5, 0.6) is 0 Å². The monoisotopic (exact) mass is 507 g/mol. The zero-order valence-corrected chi connectivity index (χ0v) is 20.8. The lowest BCUT2D eigenvalue weighted by Gasteiger charge is -2.41. The highest BCUT2D eigenvalue weighted by atomic mass is 35.5. The maximum Gasteiger partial charge on any atom is 0.255 e. The first-order valence-electron chi connectivity index (χ1n) is 11.9. The number of carbonyl (C=O) groups is 2. The molecule has 1 unspecified atom stereocenters. The summed E-state index contributed by atoms with van der Waals surface area (Å²) < 4.78 is 0. The van der Waals surface area contributed by atoms with Gasteiger partial charge in [0, 0.05) is 39.4 Å². The van der Waals surface area contributed by atoms with Crippen molar-refractivity contribution in [2.75, 3.05) is 16.8 Å². The average Bonchev–Trinajstić information content (AvgIpc) is 3.44. The van der Waals surface area contributed by atoms with Crippen molar-refractivity contribution in [3.8, 4) is 0 Å². The fourth-order valence-electron chi connectivity index (χ4n) is 5.35. The minimum absolute atomic E-state index is 0.0383. The third kappa shape index (κ3) is 4.75. The van der Waals surface area contributed by atoms with Crippen molar-refractivity contribution in [2.45, 2.75) is 43.7 Å². The van der Waals surface area contributed by atoms with Crippen LogP contribution in [0.2, 0.25) is 10.0 Å². The number of carbonyl (C=O) groups excluding carboxylic acids is 2. The Bertz CT molecular complexity index is 1240. The number of nitrogens with zero attached hydrogens (tertiary/aromatic N) is 1. The summed E-state index contributed by atoms with van der Waals surface area (Å²) >= 11 is 12.6. The van der Waals surface area contributed by atoms with Gasteiger partial charge in [-0.15, -0.1) is 0 Å². The molecule has 0 spiro atoms. The van der Waals surface area contributed by atoms with Crippen molar-refractivity contribution in [3.05, 3.63) is 94.0 Å². The molecule has 3 aromatic rings. The lowest BCUT2D eigenvalue weighted by molar-refractivity contribution is -0.122. The van der Waals surface area contributed by atoms with Gasteiger partial charge in [0.05, 0.1) is 6.54 Å². The van der Waals surface area contributed by atoms with Gasteiger partial charge in [-0.25, -0.2) is 0 Å². The highest BCUT2D eigenvalue weighted by Gasteiger charge is 2.52. The Balaban J connectivity index is 1.63. The van der Waals surface area contributed by atoms with Gasteiger partial charge in [-0.2, -0.15) is 0 Å². The van der Waals surface area contributed by atoms with Crippen LogP contribution in [0.15, 0.2) is 72.8 Å². The second-order valence-electron chi connectivity index (χ2n) is 9.28. The van der Waals surface area contributed by atoms with Crippen molar-refractivity contribution < 1.29 is 9.59 Å². The van der Waals surface area contributed by atoms with E-state index >= 15 is 0 Å². The maximum atomic E-state index is 13.9. The molecule has 0 aromatic heterocycles. The van der Waals surface area contributed by atoms with E-state index in [1.807, 2.05) is 65.6 Å². The topological polar surface area (TPSA) is 61.4 Å². The van der Waals surface area contributed by atoms with Crippen LogP contribution in [0.25, 0.3) is 0 Å². The number of amides is 2. The summed E-state index contributed by atoms with van der Waals surface area (Å²) in [6, 6.07) is 22.7. The van der Waals surface area contributed by atoms with Crippen LogP contribution in [-0.4, -0.2) is 24.4 Å². The van der Waals surface area contributed by atoms with Crippen LogP contribution in [0.1, 0.15) is 36.8 Å². The average molecular weight is 508 g/mol. The summed E-state index contributed by atoms with van der Waals surface area (Å²) in [7, 11) is 0. The zero-order chi connectivity index (χ0) is 24.4. The van der Waals surface area contributed by atoms with E-state index in [-0.39, 0.29) is 24.4 Å². The standard InChI is InChI=1S/C28H27Cl2N3O2/c29-20-8-6-7-19(15-20)17-28(24-14-13-21(30)16-25(24)32-27(28)35)33(23-11-2-1-3-12-23)18-26(34)31-22-9-4-5-10-22/h1-3,6-8,11-16,22H,4-5,9-10,17-18H2,(H,31,34)(H,32,35). The van der Waals surface area contributed by atoms with Gasteiger partial charge in [0.25, 0.3) is 5.91 Å². The van der Waals surface area contributed by atoms with E-state index in [0.717, 1.165) is 42.5 Å². The van der Waals surface area contributed by atoms with Crippen LogP contribution in [0.3, 0.4) is 0 Å². The summed E-state index contributed by atoms with van der Waals surface area (Å²) in [5.41, 5.74) is 1.95. The lowest BCUT2D eigenvalue weighted by Crippen LogP contribution is -2.56. The molecule has 1 atom stereocenters. The van der Waals surface area contributed by atoms with E-state index in [9.17, 15) is 9.59 Å². The fraction of sp³-hybridized carbons (Fsp3) is 0.286. The highest BCUT2D eigenvalue weighted by Crippen LogP contribution is 2.46. The number of nitrogens with one attached hydrogen (secondary N) is 2. The molecule has 7 heteroatoms. The van der Waals surface area contributed by atoms with E-state index in [1.54, 1.807) is 12.1 Å². The van der Waals surface area contributed by atoms with Gasteiger partial charge in [-0.3, -0.25) is 9.59 Å². The molecule has 1 aliphatic heterocycles. The summed E-state index contributed by atoms with van der Waals surface area (Å²) in [4.78, 5) is 29.2. The van der Waals surface area contributed by atoms with Crippen molar-refractivity contribution in [2.24, 2.45) is 0 Å². The van der Waals surface area contributed by atoms with E-state index in [0.29, 0.717) is 22.2 Å². The molecule has 0 bridgehead atoms. The Labute approximate surface area is 215 Å². The third-order valence-electron chi connectivity index (χ3n) is 6.95. The number of fused-ring (bicyclic) bond motifs is 1. The number of rotatable bonds is 7. The summed E-state index contributed by atoms with van der Waals surface area (Å²) in [5, 5.41) is 7.35. The molecule has 3 aromatic carbocycles. The molecule has 180 valence electrons.